The highest BCUT2D eigenvalue weighted by Gasteiger charge is 2.24. The summed E-state index contributed by atoms with van der Waals surface area (Å²) in [5, 5.41) is 12.7. The van der Waals surface area contributed by atoms with E-state index >= 15 is 0 Å². The zero-order chi connectivity index (χ0) is 28.8. The third kappa shape index (κ3) is 6.96. The second-order valence-electron chi connectivity index (χ2n) is 10.0. The van der Waals surface area contributed by atoms with Gasteiger partial charge in [-0.2, -0.15) is 5.26 Å². The minimum absolute atomic E-state index is 0.185. The summed E-state index contributed by atoms with van der Waals surface area (Å²) in [6.45, 7) is 4.62. The number of fused-ring (bicyclic) bond motifs is 1. The van der Waals surface area contributed by atoms with Crippen molar-refractivity contribution in [1.29, 1.82) is 5.26 Å². The maximum absolute atomic E-state index is 12.8. The lowest BCUT2D eigenvalue weighted by atomic mass is 10.2. The molecular formula is C28H33N7O5S. The van der Waals surface area contributed by atoms with Crippen LogP contribution < -0.4 is 19.7 Å². The quantitative estimate of drug-likeness (QED) is 0.395. The Morgan fingerprint density at radius 3 is 2.44 bits per heavy atom. The molecule has 13 heteroatoms. The molecule has 2 aliphatic rings. The molecule has 0 radical (unpaired) electrons. The molecule has 0 aliphatic carbocycles. The maximum Gasteiger partial charge on any atom is 0.321 e. The van der Waals surface area contributed by atoms with Gasteiger partial charge in [-0.15, -0.1) is 0 Å². The first-order chi connectivity index (χ1) is 19.8. The predicted octanol–water partition coefficient (Wildman–Crippen LogP) is 2.36. The van der Waals surface area contributed by atoms with Gasteiger partial charge in [-0.3, -0.25) is 0 Å². The molecule has 2 fully saturated rings. The summed E-state index contributed by atoms with van der Waals surface area (Å²) in [7, 11) is -1.29. The number of nitriles is 1. The molecule has 2 aromatic carbocycles. The monoisotopic (exact) mass is 579 g/mol. The molecule has 2 aliphatic heterocycles. The fourth-order valence-corrected chi connectivity index (χ4v) is 6.25. The molecule has 0 bridgehead atoms. The summed E-state index contributed by atoms with van der Waals surface area (Å²) in [5.41, 5.74) is 1.91. The molecule has 0 spiro atoms. The number of nitrogens with one attached hydrogen (secondary N) is 1. The fourth-order valence-electron chi connectivity index (χ4n) is 4.97. The Kier molecular flexibility index (Phi) is 8.70. The standard InChI is InChI=1S/C28H33N7O5S/c1-39-25-17-23-24(18-26(25)40-14-2-7-33-12-15-41(37,38)16-13-33)30-20-31-27(23)34-8-10-35(11-9-34)28(36)32-22-5-3-21(19-29)4-6-22/h3-6,17-18,20H,2,7-16H2,1H3,(H,32,36). The highest BCUT2D eigenvalue weighted by molar-refractivity contribution is 7.91. The van der Waals surface area contributed by atoms with Crippen molar-refractivity contribution in [3.8, 4) is 17.6 Å². The Morgan fingerprint density at radius 1 is 1.02 bits per heavy atom. The number of benzene rings is 2. The molecule has 0 unspecified atom stereocenters. The van der Waals surface area contributed by atoms with Gasteiger partial charge in [-0.25, -0.2) is 23.2 Å². The van der Waals surface area contributed by atoms with Crippen LogP contribution in [0.4, 0.5) is 16.3 Å². The predicted molar refractivity (Wildman–Crippen MR) is 155 cm³/mol. The zero-order valence-electron chi connectivity index (χ0n) is 23.0. The number of rotatable bonds is 8. The Balaban J connectivity index is 1.18. The van der Waals surface area contributed by atoms with Gasteiger partial charge in [0.15, 0.2) is 21.3 Å². The number of nitrogens with zero attached hydrogens (tertiary/aromatic N) is 6. The van der Waals surface area contributed by atoms with E-state index in [1.807, 2.05) is 12.1 Å². The molecule has 5 rings (SSSR count). The number of methoxy groups -OCH3 is 1. The first kappa shape index (κ1) is 28.4. The summed E-state index contributed by atoms with van der Waals surface area (Å²) in [5.74, 6) is 2.38. The van der Waals surface area contributed by atoms with Crippen LogP contribution in [0, 0.1) is 11.3 Å². The molecule has 2 amide bonds. The molecule has 3 heterocycles. The van der Waals surface area contributed by atoms with Crippen molar-refractivity contribution in [1.82, 2.24) is 19.8 Å². The van der Waals surface area contributed by atoms with Crippen LogP contribution in [0.1, 0.15) is 12.0 Å². The summed E-state index contributed by atoms with van der Waals surface area (Å²) < 4.78 is 34.9. The molecular weight excluding hydrogens is 546 g/mol. The van der Waals surface area contributed by atoms with Crippen molar-refractivity contribution in [2.45, 2.75) is 6.42 Å². The number of carbonyl (C=O) groups excluding carboxylic acids is 1. The second kappa shape index (κ2) is 12.6. The van der Waals surface area contributed by atoms with Gasteiger partial charge in [0.1, 0.15) is 12.1 Å². The first-order valence-electron chi connectivity index (χ1n) is 13.5. The number of anilines is 2. The summed E-state index contributed by atoms with van der Waals surface area (Å²) in [6.07, 6.45) is 2.29. The van der Waals surface area contributed by atoms with E-state index in [9.17, 15) is 13.2 Å². The SMILES string of the molecule is COc1cc2c(N3CCN(C(=O)Nc4ccc(C#N)cc4)CC3)ncnc2cc1OCCCN1CCS(=O)(=O)CC1. The smallest absolute Gasteiger partial charge is 0.321 e. The highest BCUT2D eigenvalue weighted by Crippen LogP contribution is 2.35. The van der Waals surface area contributed by atoms with E-state index in [4.69, 9.17) is 14.7 Å². The van der Waals surface area contributed by atoms with Crippen LogP contribution in [0.5, 0.6) is 11.5 Å². The zero-order valence-corrected chi connectivity index (χ0v) is 23.8. The van der Waals surface area contributed by atoms with Gasteiger partial charge in [-0.1, -0.05) is 0 Å². The van der Waals surface area contributed by atoms with Gasteiger partial charge in [0.05, 0.1) is 42.4 Å². The summed E-state index contributed by atoms with van der Waals surface area (Å²) in [4.78, 5) is 27.8. The van der Waals surface area contributed by atoms with Gasteiger partial charge in [0.2, 0.25) is 0 Å². The normalized spacial score (nSPS) is 17.2. The van der Waals surface area contributed by atoms with Crippen molar-refractivity contribution in [3.05, 3.63) is 48.3 Å². The van der Waals surface area contributed by atoms with Crippen LogP contribution in [0.15, 0.2) is 42.7 Å². The lowest BCUT2D eigenvalue weighted by Crippen LogP contribution is -2.50. The van der Waals surface area contributed by atoms with E-state index in [0.29, 0.717) is 68.6 Å². The minimum atomic E-state index is -2.88. The van der Waals surface area contributed by atoms with Gasteiger partial charge in [-0.05, 0) is 36.8 Å². The van der Waals surface area contributed by atoms with E-state index in [1.54, 1.807) is 36.3 Å². The Bertz CT molecular complexity index is 1520. The molecule has 12 nitrogen and oxygen atoms in total. The fraction of sp³-hybridized carbons (Fsp3) is 0.429. The summed E-state index contributed by atoms with van der Waals surface area (Å²) >= 11 is 0. The Hall–Kier alpha value is -4.15. The second-order valence-corrected chi connectivity index (χ2v) is 12.3. The van der Waals surface area contributed by atoms with Crippen LogP contribution in [0.25, 0.3) is 10.9 Å². The van der Waals surface area contributed by atoms with Crippen molar-refractivity contribution in [2.24, 2.45) is 0 Å². The van der Waals surface area contributed by atoms with Gasteiger partial charge < -0.3 is 29.5 Å². The van der Waals surface area contributed by atoms with Crippen molar-refractivity contribution < 1.29 is 22.7 Å². The van der Waals surface area contributed by atoms with Gasteiger partial charge >= 0.3 is 6.03 Å². The first-order valence-corrected chi connectivity index (χ1v) is 15.4. The van der Waals surface area contributed by atoms with E-state index in [2.05, 4.69) is 31.2 Å². The third-order valence-corrected chi connectivity index (χ3v) is 8.95. The Labute approximate surface area is 239 Å². The molecule has 0 saturated carbocycles. The van der Waals surface area contributed by atoms with E-state index in [0.717, 1.165) is 29.7 Å². The topological polar surface area (TPSA) is 141 Å². The van der Waals surface area contributed by atoms with E-state index in [1.165, 1.54) is 6.33 Å². The van der Waals surface area contributed by atoms with Crippen molar-refractivity contribution in [2.75, 3.05) is 81.3 Å². The van der Waals surface area contributed by atoms with Crippen molar-refractivity contribution >= 4 is 38.3 Å². The minimum Gasteiger partial charge on any atom is -0.493 e. The number of piperazine rings is 1. The molecule has 1 aromatic heterocycles. The molecule has 41 heavy (non-hydrogen) atoms. The largest absolute Gasteiger partial charge is 0.493 e. The maximum atomic E-state index is 12.8. The Morgan fingerprint density at radius 2 is 1.76 bits per heavy atom. The van der Waals surface area contributed by atoms with Gasteiger partial charge in [0, 0.05) is 63.0 Å². The molecule has 1 N–H and O–H groups in total. The third-order valence-electron chi connectivity index (χ3n) is 7.34. The number of hydrogen-bond donors (Lipinski definition) is 1. The lowest BCUT2D eigenvalue weighted by molar-refractivity contribution is 0.208. The summed E-state index contributed by atoms with van der Waals surface area (Å²) in [6, 6.07) is 12.4. The number of carbonyl (C=O) groups is 1. The van der Waals surface area contributed by atoms with Crippen molar-refractivity contribution in [3.63, 3.8) is 0 Å². The lowest BCUT2D eigenvalue weighted by Gasteiger charge is -2.35. The van der Waals surface area contributed by atoms with E-state index in [-0.39, 0.29) is 17.5 Å². The average molecular weight is 580 g/mol. The van der Waals surface area contributed by atoms with Gasteiger partial charge in [0.25, 0.3) is 0 Å². The molecule has 2 saturated heterocycles. The van der Waals surface area contributed by atoms with Crippen LogP contribution in [-0.2, 0) is 9.84 Å². The number of urea groups is 1. The van der Waals surface area contributed by atoms with Crippen LogP contribution in [-0.4, -0.2) is 105 Å². The number of amides is 2. The average Bonchev–Trinajstić information content (AvgIpc) is 2.99. The van der Waals surface area contributed by atoms with Crippen LogP contribution in [0.2, 0.25) is 0 Å². The number of hydrogen-bond acceptors (Lipinski definition) is 10. The molecule has 0 atom stereocenters. The number of ether oxygens (including phenoxy) is 2. The van der Waals surface area contributed by atoms with Crippen LogP contribution >= 0.6 is 0 Å². The van der Waals surface area contributed by atoms with E-state index < -0.39 is 9.84 Å². The molecule has 216 valence electrons. The number of sulfone groups is 1. The van der Waals surface area contributed by atoms with Crippen LogP contribution in [0.3, 0.4) is 0 Å². The molecule has 3 aromatic rings. The number of aromatic nitrogens is 2. The highest BCUT2D eigenvalue weighted by atomic mass is 32.2.